The van der Waals surface area contributed by atoms with Crippen molar-refractivity contribution in [1.29, 1.82) is 0 Å². The van der Waals surface area contributed by atoms with Gasteiger partial charge in [0.15, 0.2) is 0 Å². The summed E-state index contributed by atoms with van der Waals surface area (Å²) < 4.78 is 25.7. The molecule has 0 amide bonds. The molecule has 3 nitrogen and oxygen atoms in total. The van der Waals surface area contributed by atoms with Crippen molar-refractivity contribution in [3.8, 4) is 0 Å². The lowest BCUT2D eigenvalue weighted by Gasteiger charge is -2.20. The van der Waals surface area contributed by atoms with Gasteiger partial charge in [0, 0.05) is 16.5 Å². The molecule has 19 heavy (non-hydrogen) atoms. The lowest BCUT2D eigenvalue weighted by atomic mass is 10.0. The number of benzene rings is 1. The van der Waals surface area contributed by atoms with Gasteiger partial charge in [-0.3, -0.25) is 5.10 Å². The van der Waals surface area contributed by atoms with Crippen LogP contribution in [-0.4, -0.2) is 22.3 Å². The van der Waals surface area contributed by atoms with Gasteiger partial charge in [-0.25, -0.2) is 8.78 Å². The zero-order valence-electron chi connectivity index (χ0n) is 11.4. The lowest BCUT2D eigenvalue weighted by molar-refractivity contribution is 0.151. The molecule has 0 spiro atoms. The summed E-state index contributed by atoms with van der Waals surface area (Å²) in [6, 6.07) is 3.04. The van der Waals surface area contributed by atoms with Crippen LogP contribution < -0.4 is 5.32 Å². The molecule has 0 unspecified atom stereocenters. The van der Waals surface area contributed by atoms with Crippen LogP contribution in [0.2, 0.25) is 0 Å². The average molecular weight is 267 g/mol. The van der Waals surface area contributed by atoms with Gasteiger partial charge in [-0.15, -0.1) is 0 Å². The molecule has 0 aliphatic carbocycles. The third-order valence-corrected chi connectivity index (χ3v) is 2.97. The molecular formula is C14H19F2N3. The SMILES string of the molecule is CC(C)(C)NCCc1cc(C(F)F)cc2[nH]ncc12. The third-order valence-electron chi connectivity index (χ3n) is 2.97. The summed E-state index contributed by atoms with van der Waals surface area (Å²) in [7, 11) is 0. The predicted octanol–water partition coefficient (Wildman–Crippen LogP) is 3.43. The molecule has 1 aromatic carbocycles. The Balaban J connectivity index is 2.23. The number of nitrogens with zero attached hydrogens (tertiary/aromatic N) is 1. The Morgan fingerprint density at radius 1 is 1.32 bits per heavy atom. The molecule has 0 saturated carbocycles. The van der Waals surface area contributed by atoms with Crippen LogP contribution in [0.5, 0.6) is 0 Å². The number of aromatic nitrogens is 2. The molecule has 5 heteroatoms. The fourth-order valence-corrected chi connectivity index (χ4v) is 2.05. The molecule has 104 valence electrons. The number of nitrogens with one attached hydrogen (secondary N) is 2. The predicted molar refractivity (Wildman–Crippen MR) is 72.5 cm³/mol. The van der Waals surface area contributed by atoms with Crippen molar-refractivity contribution in [1.82, 2.24) is 15.5 Å². The van der Waals surface area contributed by atoms with Gasteiger partial charge in [0.05, 0.1) is 11.7 Å². The van der Waals surface area contributed by atoms with E-state index in [0.29, 0.717) is 11.9 Å². The molecule has 2 rings (SSSR count). The molecule has 2 N–H and O–H groups in total. The summed E-state index contributed by atoms with van der Waals surface area (Å²) in [5.41, 5.74) is 1.64. The fourth-order valence-electron chi connectivity index (χ4n) is 2.05. The van der Waals surface area contributed by atoms with Crippen molar-refractivity contribution in [2.24, 2.45) is 0 Å². The zero-order valence-corrected chi connectivity index (χ0v) is 11.4. The second-order valence-electron chi connectivity index (χ2n) is 5.74. The highest BCUT2D eigenvalue weighted by Gasteiger charge is 2.13. The number of hydrogen-bond acceptors (Lipinski definition) is 2. The van der Waals surface area contributed by atoms with Crippen LogP contribution in [0.15, 0.2) is 18.3 Å². The minimum absolute atomic E-state index is 0.0236. The van der Waals surface area contributed by atoms with E-state index < -0.39 is 6.43 Å². The molecule has 1 heterocycles. The number of halogens is 2. The van der Waals surface area contributed by atoms with Gasteiger partial charge in [0.1, 0.15) is 0 Å². The Hall–Kier alpha value is -1.49. The minimum Gasteiger partial charge on any atom is -0.312 e. The van der Waals surface area contributed by atoms with Gasteiger partial charge < -0.3 is 5.32 Å². The first-order valence-electron chi connectivity index (χ1n) is 6.36. The van der Waals surface area contributed by atoms with Crippen molar-refractivity contribution >= 4 is 10.9 Å². The standard InChI is InChI=1S/C14H19F2N3/c1-14(2,3)17-5-4-9-6-10(13(15)16)7-12-11(9)8-18-19-12/h6-8,13,17H,4-5H2,1-3H3,(H,18,19). The van der Waals surface area contributed by atoms with Gasteiger partial charge in [-0.1, -0.05) is 0 Å². The van der Waals surface area contributed by atoms with Crippen molar-refractivity contribution in [3.05, 3.63) is 29.5 Å². The van der Waals surface area contributed by atoms with Gasteiger partial charge in [-0.05, 0) is 51.4 Å². The first kappa shape index (κ1) is 13.9. The summed E-state index contributed by atoms with van der Waals surface area (Å²) in [4.78, 5) is 0. The van der Waals surface area contributed by atoms with E-state index >= 15 is 0 Å². The van der Waals surface area contributed by atoms with Gasteiger partial charge >= 0.3 is 0 Å². The van der Waals surface area contributed by atoms with Gasteiger partial charge in [0.2, 0.25) is 0 Å². The molecule has 1 aromatic heterocycles. The quantitative estimate of drug-likeness (QED) is 0.891. The van der Waals surface area contributed by atoms with Crippen LogP contribution in [0.25, 0.3) is 10.9 Å². The summed E-state index contributed by atoms with van der Waals surface area (Å²) in [5.74, 6) is 0. The highest BCUT2D eigenvalue weighted by Crippen LogP contribution is 2.26. The molecular weight excluding hydrogens is 248 g/mol. The fraction of sp³-hybridized carbons (Fsp3) is 0.500. The van der Waals surface area contributed by atoms with Crippen LogP contribution in [0.4, 0.5) is 8.78 Å². The van der Waals surface area contributed by atoms with Gasteiger partial charge in [-0.2, -0.15) is 5.10 Å². The summed E-state index contributed by atoms with van der Waals surface area (Å²) >= 11 is 0. The number of rotatable bonds is 4. The molecule has 0 fully saturated rings. The van der Waals surface area contributed by atoms with Crippen molar-refractivity contribution in [2.45, 2.75) is 39.2 Å². The molecule has 0 atom stereocenters. The van der Waals surface area contributed by atoms with Crippen LogP contribution in [0.3, 0.4) is 0 Å². The van der Waals surface area contributed by atoms with Crippen LogP contribution >= 0.6 is 0 Å². The maximum atomic E-state index is 12.8. The Labute approximate surface area is 111 Å². The van der Waals surface area contributed by atoms with E-state index in [1.54, 1.807) is 12.3 Å². The minimum atomic E-state index is -2.46. The first-order chi connectivity index (χ1) is 8.87. The van der Waals surface area contributed by atoms with E-state index in [0.717, 1.165) is 17.5 Å². The maximum Gasteiger partial charge on any atom is 0.263 e. The Morgan fingerprint density at radius 2 is 2.05 bits per heavy atom. The van der Waals surface area contributed by atoms with Crippen LogP contribution in [-0.2, 0) is 6.42 Å². The molecule has 0 aliphatic heterocycles. The van der Waals surface area contributed by atoms with E-state index in [1.807, 2.05) is 0 Å². The Bertz CT molecular complexity index is 555. The average Bonchev–Trinajstić information content (AvgIpc) is 2.74. The second kappa shape index (κ2) is 5.25. The molecule has 0 bridgehead atoms. The number of alkyl halides is 2. The van der Waals surface area contributed by atoms with E-state index in [9.17, 15) is 8.78 Å². The summed E-state index contributed by atoms with van der Waals surface area (Å²) in [5, 5.41) is 11.0. The smallest absolute Gasteiger partial charge is 0.263 e. The highest BCUT2D eigenvalue weighted by atomic mass is 19.3. The van der Waals surface area contributed by atoms with Crippen LogP contribution in [0.1, 0.15) is 38.3 Å². The Kier molecular flexibility index (Phi) is 3.85. The van der Waals surface area contributed by atoms with E-state index in [2.05, 4.69) is 36.3 Å². The van der Waals surface area contributed by atoms with Gasteiger partial charge in [0.25, 0.3) is 6.43 Å². The largest absolute Gasteiger partial charge is 0.312 e. The molecule has 2 aromatic rings. The molecule has 0 saturated heterocycles. The van der Waals surface area contributed by atoms with Crippen molar-refractivity contribution in [3.63, 3.8) is 0 Å². The number of hydrogen-bond donors (Lipinski definition) is 2. The first-order valence-corrected chi connectivity index (χ1v) is 6.36. The second-order valence-corrected chi connectivity index (χ2v) is 5.74. The van der Waals surface area contributed by atoms with Crippen molar-refractivity contribution < 1.29 is 8.78 Å². The van der Waals surface area contributed by atoms with E-state index in [-0.39, 0.29) is 11.1 Å². The highest BCUT2D eigenvalue weighted by molar-refractivity contribution is 5.82. The number of H-pyrrole nitrogens is 1. The van der Waals surface area contributed by atoms with Crippen molar-refractivity contribution in [2.75, 3.05) is 6.54 Å². The van der Waals surface area contributed by atoms with E-state index in [1.165, 1.54) is 6.07 Å². The number of aromatic amines is 1. The Morgan fingerprint density at radius 3 is 2.68 bits per heavy atom. The topological polar surface area (TPSA) is 40.7 Å². The zero-order chi connectivity index (χ0) is 14.0. The maximum absolute atomic E-state index is 12.8. The summed E-state index contributed by atoms with van der Waals surface area (Å²) in [6.45, 7) is 6.98. The monoisotopic (exact) mass is 267 g/mol. The summed E-state index contributed by atoms with van der Waals surface area (Å²) in [6.07, 6.45) is -0.0627. The van der Waals surface area contributed by atoms with E-state index in [4.69, 9.17) is 0 Å². The molecule has 0 aliphatic rings. The lowest BCUT2D eigenvalue weighted by Crippen LogP contribution is -2.37. The van der Waals surface area contributed by atoms with Crippen LogP contribution in [0, 0.1) is 0 Å². The third kappa shape index (κ3) is 3.50. The molecule has 0 radical (unpaired) electrons. The normalized spacial score (nSPS) is 12.5. The number of fused-ring (bicyclic) bond motifs is 1.